The number of aromatic nitrogens is 14. The van der Waals surface area contributed by atoms with Gasteiger partial charge in [-0.25, -0.2) is 80.4 Å². The summed E-state index contributed by atoms with van der Waals surface area (Å²) in [5.41, 5.74) is 8.71. The molecule has 40 heteroatoms. The molecule has 13 aromatic rings. The number of amidine groups is 1. The maximum Gasteiger partial charge on any atom is 0.291 e. The molecule has 6 aliphatic heterocycles. The predicted octanol–water partition coefficient (Wildman–Crippen LogP) is 14.1. The van der Waals surface area contributed by atoms with Crippen LogP contribution in [0.15, 0.2) is 190 Å². The minimum Gasteiger partial charge on any atom is -0.333 e. The highest BCUT2D eigenvalue weighted by atomic mass is 19.1. The minimum absolute atomic E-state index is 0.128. The van der Waals surface area contributed by atoms with Gasteiger partial charge in [-0.3, -0.25) is 48.2 Å². The van der Waals surface area contributed by atoms with Gasteiger partial charge in [-0.15, -0.1) is 5.11 Å². The largest absolute Gasteiger partial charge is 0.333 e. The lowest BCUT2D eigenvalue weighted by molar-refractivity contribution is -0.142. The van der Waals surface area contributed by atoms with Crippen LogP contribution >= 0.6 is 0 Å². The van der Waals surface area contributed by atoms with Gasteiger partial charge in [0.1, 0.15) is 69.1 Å². The molecule has 6 aliphatic rings. The maximum absolute atomic E-state index is 13.7. The van der Waals surface area contributed by atoms with Gasteiger partial charge in [-0.05, 0) is 205 Å². The highest BCUT2D eigenvalue weighted by Crippen LogP contribution is 2.38. The van der Waals surface area contributed by atoms with Crippen molar-refractivity contribution in [3.63, 3.8) is 0 Å². The number of nitriles is 1. The number of aliphatic imine (C=N–C) groups is 3. The van der Waals surface area contributed by atoms with E-state index in [4.69, 9.17) is 0 Å². The van der Waals surface area contributed by atoms with E-state index in [1.54, 1.807) is 151 Å². The first-order valence-corrected chi connectivity index (χ1v) is 46.5. The van der Waals surface area contributed by atoms with Crippen LogP contribution in [0.2, 0.25) is 0 Å². The zero-order valence-corrected chi connectivity index (χ0v) is 82.1. The van der Waals surface area contributed by atoms with Crippen LogP contribution in [-0.2, 0) is 25.2 Å². The molecule has 4 fully saturated rings. The lowest BCUT2D eigenvalue weighted by atomic mass is 9.87. The smallest absolute Gasteiger partial charge is 0.291 e. The molecule has 36 nitrogen and oxygen atoms in total. The molecule has 0 bridgehead atoms. The van der Waals surface area contributed by atoms with Crippen LogP contribution in [-0.4, -0.2) is 274 Å². The fraction of sp³-hybridized carbons (Fsp3) is 0.373. The average Bonchev–Trinajstić information content (AvgIpc) is 1.62. The fourth-order valence-electron chi connectivity index (χ4n) is 17.9. The molecule has 0 saturated carbocycles. The van der Waals surface area contributed by atoms with Crippen LogP contribution in [0.5, 0.6) is 0 Å². The summed E-state index contributed by atoms with van der Waals surface area (Å²) < 4.78 is 60.2. The van der Waals surface area contributed by atoms with E-state index in [1.165, 1.54) is 75.8 Å². The van der Waals surface area contributed by atoms with Gasteiger partial charge in [-0.1, -0.05) is 69.2 Å². The number of nitrogens with zero attached hydrogens (tertiary/aromatic N) is 28. The molecule has 8 amide bonds. The molecule has 0 spiro atoms. The molecular formula is C102H108F4N28O8. The number of amides is 8. The summed E-state index contributed by atoms with van der Waals surface area (Å²) in [5.74, 6) is -2.84. The Balaban J connectivity index is 0.000000136. The van der Waals surface area contributed by atoms with E-state index in [2.05, 4.69) is 124 Å². The third kappa shape index (κ3) is 20.0. The monoisotopic (exact) mass is 1930 g/mol. The zero-order valence-electron chi connectivity index (χ0n) is 82.1. The van der Waals surface area contributed by atoms with Gasteiger partial charge in [0, 0.05) is 116 Å². The van der Waals surface area contributed by atoms with Gasteiger partial charge in [-0.2, -0.15) is 30.8 Å². The first kappa shape index (κ1) is 99.0. The van der Waals surface area contributed by atoms with Crippen molar-refractivity contribution in [3.8, 4) is 51.2 Å². The molecule has 0 N–H and O–H groups in total. The number of piperazine rings is 4. The van der Waals surface area contributed by atoms with E-state index in [0.717, 1.165) is 49.4 Å². The minimum atomic E-state index is -1.18. The Morgan fingerprint density at radius 3 is 1.14 bits per heavy atom. The number of azo groups is 1. The van der Waals surface area contributed by atoms with Crippen molar-refractivity contribution in [2.75, 3.05) is 78.7 Å². The van der Waals surface area contributed by atoms with Gasteiger partial charge in [0.15, 0.2) is 35.5 Å². The number of guanidine groups is 1. The van der Waals surface area contributed by atoms with E-state index in [0.29, 0.717) is 109 Å². The summed E-state index contributed by atoms with van der Waals surface area (Å²) in [6.45, 7) is 38.6. The quantitative estimate of drug-likeness (QED) is 0.0809. The second-order valence-electron chi connectivity index (χ2n) is 40.2. The zero-order chi connectivity index (χ0) is 102. The van der Waals surface area contributed by atoms with Crippen molar-refractivity contribution < 1.29 is 55.9 Å². The van der Waals surface area contributed by atoms with Gasteiger partial charge >= 0.3 is 0 Å². The number of carbonyl (C=O) groups excluding carboxylic acids is 8. The third-order valence-corrected chi connectivity index (χ3v) is 25.7. The lowest BCUT2D eigenvalue weighted by Gasteiger charge is -2.46. The summed E-state index contributed by atoms with van der Waals surface area (Å²) in [7, 11) is 0. The summed E-state index contributed by atoms with van der Waals surface area (Å²) in [6.07, 6.45) is 12.8. The molecule has 0 aliphatic carbocycles. The normalized spacial score (nSPS) is 16.6. The number of halogens is 4. The van der Waals surface area contributed by atoms with E-state index < -0.39 is 34.0 Å². The Morgan fingerprint density at radius 1 is 0.423 bits per heavy atom. The number of benzene rings is 4. The maximum atomic E-state index is 13.7. The van der Waals surface area contributed by atoms with Crippen LogP contribution in [0.4, 0.5) is 17.6 Å². The van der Waals surface area contributed by atoms with Crippen molar-refractivity contribution in [1.29, 1.82) is 5.26 Å². The number of rotatable bonds is 12. The van der Waals surface area contributed by atoms with Gasteiger partial charge in [0.2, 0.25) is 11.8 Å². The molecule has 0 radical (unpaired) electrons. The van der Waals surface area contributed by atoms with Crippen molar-refractivity contribution in [2.24, 2.45) is 25.2 Å². The summed E-state index contributed by atoms with van der Waals surface area (Å²) in [6, 6.07) is 33.8. The SMILES string of the molecule is CC(C)(C)c1cc(-c2ccc(F)cc2)nn2cc(C(=O)N3CCN(C#N)C(=O)C3(C)C)nc12.CC(C)(C)c1cc(-c2ccc(F)cc2)nn2cc(C(=O)N3CCN(C4=NCN=N4)C(=O)C3(C)C)nc12.CC(C)c1cc(-c2ccc(F)cc2)nn2cc(C(=O)N3CCN(C(=O)C4=NCC=N4)CC3(C)C)nc12.CC(C)c1cc(-c2ccc(F)cc2)nn2cc(C(=O)N3CCN(C(=O)c4ccncn4)CC3(C)C)nc12. The van der Waals surface area contributed by atoms with Gasteiger partial charge in [0.05, 0.1) is 71.7 Å². The predicted molar refractivity (Wildman–Crippen MR) is 521 cm³/mol. The third-order valence-electron chi connectivity index (χ3n) is 25.7. The summed E-state index contributed by atoms with van der Waals surface area (Å²) in [4.78, 5) is 157. The Bertz CT molecular complexity index is 7330. The lowest BCUT2D eigenvalue weighted by Crippen LogP contribution is -2.65. The van der Waals surface area contributed by atoms with Crippen molar-refractivity contribution in [1.82, 2.24) is 108 Å². The van der Waals surface area contributed by atoms with Gasteiger partial charge in [0.25, 0.3) is 47.3 Å². The molecule has 0 atom stereocenters. The Kier molecular flexibility index (Phi) is 27.0. The summed E-state index contributed by atoms with van der Waals surface area (Å²) in [5, 5.41) is 35.5. The standard InChI is InChI=1S/C27H28FN7O2.C26H28FN7O2.C25H27FN8O2.C24H25FN6O2/c1-17(2)20-13-22(18-5-7-19(28)8-6-18)32-35-14-23(31-24(20)35)26(37)34-12-11-33(15-27(34,3)4)25(36)21-9-10-29-16-30-21;1-16(2)19-13-20(17-5-7-18(27)8-6-17)31-34-14-21(30-23(19)34)24(35)33-12-11-32(15-26(33,3)4)25(36)22-28-9-10-29-22;1-24(2,3)17-12-18(15-6-8-16(26)9-7-15)31-34-13-19(29-20(17)34)21(35)33-11-10-32(22(36)25(33,4)5)23-27-14-28-30-23;1-23(2,3)17-12-18(15-6-8-16(25)9-7-15)28-31-13-19(27-20(17)31)21(32)30-11-10-29(14-26)22(33)24(30,4)5/h5-10,13-14,16-17H,11-12,15H2,1-4H3;5-9,13-14,16H,10-12,15H2,1-4H3;6-9,12-13H,10-11,14H2,1-5H3;6-9,12-13H,10-11H2,1-5H3. The van der Waals surface area contributed by atoms with Crippen molar-refractivity contribution in [3.05, 3.63) is 239 Å². The number of carbonyl (C=O) groups is 8. The molecule has 9 aromatic heterocycles. The number of hydrogen-bond donors (Lipinski definition) is 0. The summed E-state index contributed by atoms with van der Waals surface area (Å²) >= 11 is 0. The molecule has 0 unspecified atom stereocenters. The molecule has 732 valence electrons. The van der Waals surface area contributed by atoms with E-state index in [-0.39, 0.29) is 137 Å². The van der Waals surface area contributed by atoms with Crippen LogP contribution in [0.25, 0.3) is 67.6 Å². The highest BCUT2D eigenvalue weighted by molar-refractivity contribution is 6.40. The second-order valence-corrected chi connectivity index (χ2v) is 40.2. The Morgan fingerprint density at radius 2 is 0.789 bits per heavy atom. The molecule has 19 rings (SSSR count). The van der Waals surface area contributed by atoms with Crippen molar-refractivity contribution in [2.45, 2.75) is 169 Å². The second kappa shape index (κ2) is 38.7. The first-order valence-electron chi connectivity index (χ1n) is 46.5. The molecule has 142 heavy (non-hydrogen) atoms. The van der Waals surface area contributed by atoms with E-state index in [1.807, 2.05) is 78.9 Å². The van der Waals surface area contributed by atoms with E-state index >= 15 is 0 Å². The first-order chi connectivity index (χ1) is 67.2. The van der Waals surface area contributed by atoms with Crippen molar-refractivity contribution >= 4 is 87.9 Å². The molecular weight excluding hydrogens is 1820 g/mol. The molecule has 15 heterocycles. The molecule has 4 aromatic carbocycles. The highest BCUT2D eigenvalue weighted by Gasteiger charge is 2.49. The van der Waals surface area contributed by atoms with Crippen LogP contribution in [0, 0.1) is 34.7 Å². The number of fused-ring (bicyclic) bond motifs is 4. The fourth-order valence-corrected chi connectivity index (χ4v) is 17.9. The number of hydrogen-bond acceptors (Lipinski definition) is 24. The van der Waals surface area contributed by atoms with Crippen LogP contribution in [0.3, 0.4) is 0 Å². The van der Waals surface area contributed by atoms with Crippen LogP contribution < -0.4 is 0 Å². The van der Waals surface area contributed by atoms with Crippen LogP contribution in [0.1, 0.15) is 211 Å². The molecule has 4 saturated heterocycles. The topological polar surface area (TPSA) is 395 Å². The van der Waals surface area contributed by atoms with Gasteiger partial charge < -0.3 is 29.4 Å². The van der Waals surface area contributed by atoms with E-state index in [9.17, 15) is 61.2 Å². The Labute approximate surface area is 815 Å². The Hall–Kier alpha value is -16.0. The number of imidazole rings is 4. The average molecular weight is 1930 g/mol.